The van der Waals surface area contributed by atoms with Gasteiger partial charge in [0, 0.05) is 17.6 Å². The van der Waals surface area contributed by atoms with Crippen LogP contribution in [-0.4, -0.2) is 21.7 Å². The van der Waals surface area contributed by atoms with Gasteiger partial charge in [-0.15, -0.1) is 21.5 Å². The second kappa shape index (κ2) is 5.54. The Hall–Kier alpha value is -1.79. The van der Waals surface area contributed by atoms with Crippen molar-refractivity contribution in [3.8, 4) is 10.7 Å². The van der Waals surface area contributed by atoms with Crippen LogP contribution in [0.4, 0.5) is 5.13 Å². The van der Waals surface area contributed by atoms with Crippen LogP contribution in [-0.2, 0) is 0 Å². The zero-order valence-corrected chi connectivity index (χ0v) is 13.0. The normalized spacial score (nSPS) is 18.3. The minimum Gasteiger partial charge on any atom is -0.339 e. The van der Waals surface area contributed by atoms with E-state index in [0.29, 0.717) is 6.04 Å². The van der Waals surface area contributed by atoms with Crippen molar-refractivity contribution in [3.05, 3.63) is 46.8 Å². The highest BCUT2D eigenvalue weighted by Crippen LogP contribution is 2.40. The summed E-state index contributed by atoms with van der Waals surface area (Å²) in [6.07, 6.45) is 4.20. The lowest BCUT2D eigenvalue weighted by Gasteiger charge is -2.22. The fourth-order valence-corrected chi connectivity index (χ4v) is 4.47. The summed E-state index contributed by atoms with van der Waals surface area (Å²) in [5, 5.41) is 12.7. The third-order valence-corrected chi connectivity index (χ3v) is 5.62. The molecule has 6 heteroatoms. The van der Waals surface area contributed by atoms with E-state index in [-0.39, 0.29) is 0 Å². The molecule has 21 heavy (non-hydrogen) atoms. The molecule has 3 aromatic rings. The van der Waals surface area contributed by atoms with Gasteiger partial charge in [-0.2, -0.15) is 0 Å². The Bertz CT molecular complexity index is 708. The van der Waals surface area contributed by atoms with E-state index in [9.17, 15) is 0 Å². The second-order valence-corrected chi connectivity index (χ2v) is 6.91. The third kappa shape index (κ3) is 2.45. The molecule has 4 nitrogen and oxygen atoms in total. The average Bonchev–Trinajstić information content (AvgIpc) is 3.27. The van der Waals surface area contributed by atoms with Gasteiger partial charge in [0.05, 0.1) is 6.04 Å². The maximum absolute atomic E-state index is 4.39. The van der Waals surface area contributed by atoms with Crippen molar-refractivity contribution in [1.82, 2.24) is 15.2 Å². The van der Waals surface area contributed by atoms with Crippen molar-refractivity contribution >= 4 is 27.8 Å². The van der Waals surface area contributed by atoms with E-state index in [1.54, 1.807) is 17.5 Å². The average molecular weight is 314 g/mol. The molecule has 3 aromatic heterocycles. The lowest BCUT2D eigenvalue weighted by molar-refractivity contribution is 0.727. The minimum absolute atomic E-state index is 0.453. The van der Waals surface area contributed by atoms with E-state index in [1.807, 2.05) is 29.5 Å². The summed E-state index contributed by atoms with van der Waals surface area (Å²) in [6.45, 7) is 1.05. The molecule has 1 unspecified atom stereocenters. The minimum atomic E-state index is 0.453. The van der Waals surface area contributed by atoms with Gasteiger partial charge in [-0.1, -0.05) is 23.5 Å². The molecule has 106 valence electrons. The molecule has 0 saturated carbocycles. The first kappa shape index (κ1) is 12.9. The number of hydrogen-bond acceptors (Lipinski definition) is 6. The highest BCUT2D eigenvalue weighted by molar-refractivity contribution is 7.18. The summed E-state index contributed by atoms with van der Waals surface area (Å²) in [5.41, 5.74) is 0.896. The molecule has 1 saturated heterocycles. The van der Waals surface area contributed by atoms with E-state index in [1.165, 1.54) is 17.7 Å². The number of nitrogens with zero attached hydrogens (tertiary/aromatic N) is 4. The van der Waals surface area contributed by atoms with E-state index >= 15 is 0 Å². The fourth-order valence-electron chi connectivity index (χ4n) is 2.70. The van der Waals surface area contributed by atoms with Gasteiger partial charge >= 0.3 is 0 Å². The number of anilines is 1. The van der Waals surface area contributed by atoms with Gasteiger partial charge in [0.25, 0.3) is 0 Å². The molecule has 0 aliphatic carbocycles. The van der Waals surface area contributed by atoms with Gasteiger partial charge in [0.15, 0.2) is 5.01 Å². The number of pyridine rings is 1. The van der Waals surface area contributed by atoms with Crippen molar-refractivity contribution in [2.45, 2.75) is 18.9 Å². The predicted octanol–water partition coefficient (Wildman–Crippen LogP) is 4.00. The summed E-state index contributed by atoms with van der Waals surface area (Å²) in [7, 11) is 0. The topological polar surface area (TPSA) is 41.9 Å². The monoisotopic (exact) mass is 314 g/mol. The van der Waals surface area contributed by atoms with Crippen molar-refractivity contribution in [3.63, 3.8) is 0 Å². The van der Waals surface area contributed by atoms with E-state index < -0.39 is 0 Å². The molecule has 1 atom stereocenters. The number of aromatic nitrogens is 3. The summed E-state index contributed by atoms with van der Waals surface area (Å²) in [6, 6.07) is 10.7. The van der Waals surface area contributed by atoms with Crippen molar-refractivity contribution < 1.29 is 0 Å². The molecular formula is C15H14N4S2. The first-order chi connectivity index (χ1) is 10.4. The van der Waals surface area contributed by atoms with Crippen molar-refractivity contribution in [2.75, 3.05) is 11.4 Å². The van der Waals surface area contributed by atoms with Crippen LogP contribution in [0, 0.1) is 0 Å². The summed E-state index contributed by atoms with van der Waals surface area (Å²) < 4.78 is 0. The molecule has 0 bridgehead atoms. The summed E-state index contributed by atoms with van der Waals surface area (Å²) >= 11 is 3.45. The number of thiophene rings is 1. The maximum Gasteiger partial charge on any atom is 0.209 e. The molecule has 0 N–H and O–H groups in total. The van der Waals surface area contributed by atoms with Crippen LogP contribution in [0.1, 0.15) is 23.8 Å². The predicted molar refractivity (Wildman–Crippen MR) is 86.8 cm³/mol. The van der Waals surface area contributed by atoms with Gasteiger partial charge in [-0.3, -0.25) is 4.98 Å². The SMILES string of the molecule is c1ccc(-c2nnc(N3CCCC3c3cccs3)s2)nc1. The zero-order valence-electron chi connectivity index (χ0n) is 11.3. The number of hydrogen-bond donors (Lipinski definition) is 0. The zero-order chi connectivity index (χ0) is 14.1. The maximum atomic E-state index is 4.39. The summed E-state index contributed by atoms with van der Waals surface area (Å²) in [5.74, 6) is 0. The van der Waals surface area contributed by atoms with Crippen molar-refractivity contribution in [2.24, 2.45) is 0 Å². The molecule has 0 aromatic carbocycles. The van der Waals surface area contributed by atoms with Crippen LogP contribution in [0.3, 0.4) is 0 Å². The van der Waals surface area contributed by atoms with Crippen LogP contribution in [0.15, 0.2) is 41.9 Å². The molecule has 0 spiro atoms. The Morgan fingerprint density at radius 3 is 2.95 bits per heavy atom. The highest BCUT2D eigenvalue weighted by atomic mass is 32.1. The van der Waals surface area contributed by atoms with Crippen molar-refractivity contribution in [1.29, 1.82) is 0 Å². The quantitative estimate of drug-likeness (QED) is 0.732. The third-order valence-electron chi connectivity index (χ3n) is 3.67. The molecular weight excluding hydrogens is 300 g/mol. The lowest BCUT2D eigenvalue weighted by Crippen LogP contribution is -2.21. The first-order valence-electron chi connectivity index (χ1n) is 6.97. The van der Waals surface area contributed by atoms with Crippen LogP contribution in [0.2, 0.25) is 0 Å². The number of rotatable bonds is 3. The van der Waals surface area contributed by atoms with Gasteiger partial charge < -0.3 is 4.90 Å². The first-order valence-corrected chi connectivity index (χ1v) is 8.66. The molecule has 4 rings (SSSR count). The Kier molecular flexibility index (Phi) is 3.40. The molecule has 4 heterocycles. The Morgan fingerprint density at radius 2 is 2.14 bits per heavy atom. The van der Waals surface area contributed by atoms with Gasteiger partial charge in [-0.05, 0) is 36.4 Å². The van der Waals surface area contributed by atoms with E-state index in [2.05, 4.69) is 37.6 Å². The largest absolute Gasteiger partial charge is 0.339 e. The fraction of sp³-hybridized carbons (Fsp3) is 0.267. The standard InChI is InChI=1S/C15H14N4S2/c1-2-8-16-11(5-1)14-17-18-15(21-14)19-9-3-6-12(19)13-7-4-10-20-13/h1-2,4-5,7-8,10,12H,3,6,9H2. The highest BCUT2D eigenvalue weighted by Gasteiger charge is 2.29. The van der Waals surface area contributed by atoms with Crippen LogP contribution >= 0.6 is 22.7 Å². The smallest absolute Gasteiger partial charge is 0.209 e. The second-order valence-electron chi connectivity index (χ2n) is 4.97. The Morgan fingerprint density at radius 1 is 1.14 bits per heavy atom. The lowest BCUT2D eigenvalue weighted by atomic mass is 10.2. The molecule has 0 radical (unpaired) electrons. The van der Waals surface area contributed by atoms with E-state index in [0.717, 1.165) is 22.4 Å². The Balaban J connectivity index is 1.63. The Labute approximate surface area is 131 Å². The molecule has 1 aliphatic heterocycles. The van der Waals surface area contributed by atoms with Crippen LogP contribution < -0.4 is 4.90 Å². The van der Waals surface area contributed by atoms with Crippen LogP contribution in [0.25, 0.3) is 10.7 Å². The van der Waals surface area contributed by atoms with Crippen LogP contribution in [0.5, 0.6) is 0 Å². The summed E-state index contributed by atoms with van der Waals surface area (Å²) in [4.78, 5) is 8.15. The van der Waals surface area contributed by atoms with E-state index in [4.69, 9.17) is 0 Å². The van der Waals surface area contributed by atoms with Gasteiger partial charge in [0.2, 0.25) is 5.13 Å². The molecule has 1 fully saturated rings. The molecule has 0 amide bonds. The molecule has 1 aliphatic rings. The van der Waals surface area contributed by atoms with Gasteiger partial charge in [-0.25, -0.2) is 0 Å². The van der Waals surface area contributed by atoms with Gasteiger partial charge in [0.1, 0.15) is 5.69 Å².